The van der Waals surface area contributed by atoms with Crippen LogP contribution in [0.2, 0.25) is 0 Å². The number of fused-ring (bicyclic) bond motifs is 1. The summed E-state index contributed by atoms with van der Waals surface area (Å²) >= 11 is 0. The van der Waals surface area contributed by atoms with Crippen LogP contribution in [0.5, 0.6) is 0 Å². The fourth-order valence-corrected chi connectivity index (χ4v) is 1.76. The molecule has 2 rings (SSSR count). The summed E-state index contributed by atoms with van der Waals surface area (Å²) < 4.78 is 0. The van der Waals surface area contributed by atoms with E-state index >= 15 is 0 Å². The van der Waals surface area contributed by atoms with Crippen LogP contribution >= 0.6 is 0 Å². The van der Waals surface area contributed by atoms with Crippen molar-refractivity contribution < 1.29 is 4.79 Å². The minimum Gasteiger partial charge on any atom is -0.350 e. The molecule has 5 nitrogen and oxygen atoms in total. The van der Waals surface area contributed by atoms with Crippen LogP contribution in [0.15, 0.2) is 35.1 Å². The molecule has 3 N–H and O–H groups in total. The predicted octanol–water partition coefficient (Wildman–Crippen LogP) is 0.866. The number of likely N-dealkylation sites (N-methyl/N-ethyl adjacent to an activating group) is 1. The van der Waals surface area contributed by atoms with Gasteiger partial charge in [-0.15, -0.1) is 0 Å². The number of hydrogen-bond acceptors (Lipinski definition) is 3. The lowest BCUT2D eigenvalue weighted by atomic mass is 10.1. The standard InChI is InChI=1S/C14H17N3O2/c1-9(15-2)8-16-13(18)11-7-10-5-3-4-6-12(10)17-14(11)19/h3-7,9,15H,8H2,1-2H3,(H,16,18)(H,17,19). The zero-order valence-electron chi connectivity index (χ0n) is 11.0. The van der Waals surface area contributed by atoms with E-state index in [1.54, 1.807) is 6.07 Å². The van der Waals surface area contributed by atoms with E-state index < -0.39 is 0 Å². The first-order chi connectivity index (χ1) is 9.11. The van der Waals surface area contributed by atoms with Crippen LogP contribution in [0, 0.1) is 0 Å². The average Bonchev–Trinajstić information content (AvgIpc) is 2.43. The Morgan fingerprint density at radius 2 is 2.11 bits per heavy atom. The number of aromatic nitrogens is 1. The highest BCUT2D eigenvalue weighted by Crippen LogP contribution is 2.09. The van der Waals surface area contributed by atoms with Gasteiger partial charge in [0.25, 0.3) is 11.5 Å². The maximum absolute atomic E-state index is 12.0. The highest BCUT2D eigenvalue weighted by atomic mass is 16.2. The van der Waals surface area contributed by atoms with E-state index in [0.717, 1.165) is 10.9 Å². The fourth-order valence-electron chi connectivity index (χ4n) is 1.76. The number of rotatable bonds is 4. The Kier molecular flexibility index (Phi) is 3.97. The molecule has 0 spiro atoms. The Labute approximate surface area is 111 Å². The van der Waals surface area contributed by atoms with Gasteiger partial charge in [0.05, 0.1) is 0 Å². The molecular weight excluding hydrogens is 242 g/mol. The van der Waals surface area contributed by atoms with Crippen LogP contribution in [0.25, 0.3) is 10.9 Å². The van der Waals surface area contributed by atoms with E-state index in [-0.39, 0.29) is 23.1 Å². The van der Waals surface area contributed by atoms with Gasteiger partial charge in [-0.2, -0.15) is 0 Å². The van der Waals surface area contributed by atoms with E-state index in [0.29, 0.717) is 6.54 Å². The summed E-state index contributed by atoms with van der Waals surface area (Å²) in [5.74, 6) is -0.353. The highest BCUT2D eigenvalue weighted by molar-refractivity contribution is 5.97. The molecule has 1 aromatic carbocycles. The molecule has 0 fully saturated rings. The number of hydrogen-bond donors (Lipinski definition) is 3. The third-order valence-corrected chi connectivity index (χ3v) is 3.06. The maximum Gasteiger partial charge on any atom is 0.261 e. The molecule has 1 amide bonds. The van der Waals surface area contributed by atoms with Crippen molar-refractivity contribution in [2.45, 2.75) is 13.0 Å². The molecular formula is C14H17N3O2. The molecule has 1 unspecified atom stereocenters. The van der Waals surface area contributed by atoms with Crippen LogP contribution in [-0.4, -0.2) is 30.5 Å². The zero-order chi connectivity index (χ0) is 13.8. The Balaban J connectivity index is 2.27. The number of H-pyrrole nitrogens is 1. The third-order valence-electron chi connectivity index (χ3n) is 3.06. The Hall–Kier alpha value is -2.14. The van der Waals surface area contributed by atoms with Crippen LogP contribution in [0.3, 0.4) is 0 Å². The lowest BCUT2D eigenvalue weighted by Gasteiger charge is -2.11. The second kappa shape index (κ2) is 5.67. The summed E-state index contributed by atoms with van der Waals surface area (Å²) in [5, 5.41) is 6.59. The summed E-state index contributed by atoms with van der Waals surface area (Å²) in [6, 6.07) is 9.15. The topological polar surface area (TPSA) is 74.0 Å². The Morgan fingerprint density at radius 3 is 2.84 bits per heavy atom. The van der Waals surface area contributed by atoms with Crippen molar-refractivity contribution in [3.63, 3.8) is 0 Å². The maximum atomic E-state index is 12.0. The molecule has 0 saturated carbocycles. The SMILES string of the molecule is CNC(C)CNC(=O)c1cc2ccccc2[nH]c1=O. The summed E-state index contributed by atoms with van der Waals surface area (Å²) in [7, 11) is 1.82. The molecule has 0 aliphatic heterocycles. The first kappa shape index (κ1) is 13.3. The molecule has 2 aromatic rings. The van der Waals surface area contributed by atoms with E-state index in [1.807, 2.05) is 38.2 Å². The number of nitrogens with one attached hydrogen (secondary N) is 3. The van der Waals surface area contributed by atoms with Crippen molar-refractivity contribution in [3.05, 3.63) is 46.2 Å². The van der Waals surface area contributed by atoms with Gasteiger partial charge < -0.3 is 15.6 Å². The molecule has 1 aromatic heterocycles. The number of carbonyl (C=O) groups excluding carboxylic acids is 1. The van der Waals surface area contributed by atoms with Crippen LogP contribution < -0.4 is 16.2 Å². The van der Waals surface area contributed by atoms with Gasteiger partial charge in [0.15, 0.2) is 0 Å². The second-order valence-corrected chi connectivity index (χ2v) is 4.50. The molecule has 100 valence electrons. The Morgan fingerprint density at radius 1 is 1.37 bits per heavy atom. The van der Waals surface area contributed by atoms with Crippen molar-refractivity contribution >= 4 is 16.8 Å². The normalized spacial score (nSPS) is 12.3. The van der Waals surface area contributed by atoms with E-state index in [9.17, 15) is 9.59 Å². The number of aromatic amines is 1. The van der Waals surface area contributed by atoms with Crippen molar-refractivity contribution in [1.29, 1.82) is 0 Å². The quantitative estimate of drug-likeness (QED) is 0.762. The van der Waals surface area contributed by atoms with Gasteiger partial charge in [-0.25, -0.2) is 0 Å². The molecule has 0 saturated heterocycles. The van der Waals surface area contributed by atoms with Crippen molar-refractivity contribution in [2.75, 3.05) is 13.6 Å². The summed E-state index contributed by atoms with van der Waals surface area (Å²) in [6.45, 7) is 2.42. The molecule has 1 heterocycles. The van der Waals surface area contributed by atoms with Gasteiger partial charge in [-0.3, -0.25) is 9.59 Å². The first-order valence-electron chi connectivity index (χ1n) is 6.19. The minimum absolute atomic E-state index is 0.141. The number of para-hydroxylation sites is 1. The van der Waals surface area contributed by atoms with E-state index in [1.165, 1.54) is 0 Å². The van der Waals surface area contributed by atoms with E-state index in [2.05, 4.69) is 15.6 Å². The summed E-state index contributed by atoms with van der Waals surface area (Å²) in [6.07, 6.45) is 0. The highest BCUT2D eigenvalue weighted by Gasteiger charge is 2.12. The predicted molar refractivity (Wildman–Crippen MR) is 75.4 cm³/mol. The van der Waals surface area contributed by atoms with Crippen molar-refractivity contribution in [1.82, 2.24) is 15.6 Å². The smallest absolute Gasteiger partial charge is 0.261 e. The summed E-state index contributed by atoms with van der Waals surface area (Å²) in [4.78, 5) is 26.5. The average molecular weight is 259 g/mol. The van der Waals surface area contributed by atoms with Gasteiger partial charge in [0.2, 0.25) is 0 Å². The first-order valence-corrected chi connectivity index (χ1v) is 6.19. The van der Waals surface area contributed by atoms with Crippen LogP contribution in [-0.2, 0) is 0 Å². The number of benzene rings is 1. The lowest BCUT2D eigenvalue weighted by Crippen LogP contribution is -2.38. The summed E-state index contributed by atoms with van der Waals surface area (Å²) in [5.41, 5.74) is 0.503. The molecule has 1 atom stereocenters. The largest absolute Gasteiger partial charge is 0.350 e. The second-order valence-electron chi connectivity index (χ2n) is 4.50. The zero-order valence-corrected chi connectivity index (χ0v) is 11.0. The monoisotopic (exact) mass is 259 g/mol. The van der Waals surface area contributed by atoms with Gasteiger partial charge in [0, 0.05) is 18.1 Å². The molecule has 0 radical (unpaired) electrons. The lowest BCUT2D eigenvalue weighted by molar-refractivity contribution is 0.0949. The molecule has 5 heteroatoms. The molecule has 0 aliphatic carbocycles. The third kappa shape index (κ3) is 3.00. The van der Waals surface area contributed by atoms with Crippen molar-refractivity contribution in [3.8, 4) is 0 Å². The van der Waals surface area contributed by atoms with Crippen LogP contribution in [0.1, 0.15) is 17.3 Å². The van der Waals surface area contributed by atoms with Crippen LogP contribution in [0.4, 0.5) is 0 Å². The molecule has 0 bridgehead atoms. The van der Waals surface area contributed by atoms with Gasteiger partial charge in [0.1, 0.15) is 5.56 Å². The number of pyridine rings is 1. The van der Waals surface area contributed by atoms with Gasteiger partial charge in [-0.1, -0.05) is 18.2 Å². The number of carbonyl (C=O) groups is 1. The number of amides is 1. The minimum atomic E-state index is -0.367. The molecule has 0 aliphatic rings. The fraction of sp³-hybridized carbons (Fsp3) is 0.286. The van der Waals surface area contributed by atoms with Gasteiger partial charge in [-0.05, 0) is 31.5 Å². The van der Waals surface area contributed by atoms with E-state index in [4.69, 9.17) is 0 Å². The van der Waals surface area contributed by atoms with Crippen molar-refractivity contribution in [2.24, 2.45) is 0 Å². The molecule has 19 heavy (non-hydrogen) atoms. The Bertz CT molecular complexity index is 648. The van der Waals surface area contributed by atoms with Gasteiger partial charge >= 0.3 is 0 Å².